The van der Waals surface area contributed by atoms with Gasteiger partial charge in [0.15, 0.2) is 5.13 Å². The number of hydrogen-bond acceptors (Lipinski definition) is 8. The van der Waals surface area contributed by atoms with Crippen LogP contribution in [0.3, 0.4) is 0 Å². The molecule has 0 saturated heterocycles. The molecular weight excluding hydrogens is 414 g/mol. The van der Waals surface area contributed by atoms with Gasteiger partial charge in [-0.15, -0.1) is 11.3 Å². The molecule has 29 heavy (non-hydrogen) atoms. The molecule has 0 aliphatic carbocycles. The van der Waals surface area contributed by atoms with Crippen LogP contribution in [0.5, 0.6) is 0 Å². The number of nitrogens with zero attached hydrogens (tertiary/aromatic N) is 1. The van der Waals surface area contributed by atoms with Gasteiger partial charge in [0.2, 0.25) is 0 Å². The Kier molecular flexibility index (Phi) is 6.93. The van der Waals surface area contributed by atoms with Gasteiger partial charge in [-0.25, -0.2) is 14.6 Å². The molecule has 0 aliphatic rings. The Morgan fingerprint density at radius 2 is 1.90 bits per heavy atom. The van der Waals surface area contributed by atoms with Crippen molar-refractivity contribution >= 4 is 58.4 Å². The summed E-state index contributed by atoms with van der Waals surface area (Å²) in [6.45, 7) is 12.9. The Hall–Kier alpha value is -2.98. The number of esters is 1. The van der Waals surface area contributed by atoms with Crippen LogP contribution in [0.4, 0.5) is 9.93 Å². The summed E-state index contributed by atoms with van der Waals surface area (Å²) in [5.74, 6) is -0.890. The molecule has 2 N–H and O–H groups in total. The maximum Gasteiger partial charge on any atom is 0.413 e. The summed E-state index contributed by atoms with van der Waals surface area (Å²) in [6.07, 6.45) is 2.29. The van der Waals surface area contributed by atoms with Crippen molar-refractivity contribution in [2.24, 2.45) is 0 Å². The lowest BCUT2D eigenvalue weighted by Crippen LogP contribution is -2.27. The van der Waals surface area contributed by atoms with Gasteiger partial charge in [-0.1, -0.05) is 24.5 Å². The first-order valence-electron chi connectivity index (χ1n) is 8.33. The maximum absolute atomic E-state index is 12.4. The predicted octanol–water partition coefficient (Wildman–Crippen LogP) is 2.47. The number of carbonyl (C=O) groups is 3. The molecule has 2 amide bonds. The highest BCUT2D eigenvalue weighted by molar-refractivity contribution is 7.17. The molecule has 0 aliphatic heterocycles. The first kappa shape index (κ1) is 22.3. The van der Waals surface area contributed by atoms with E-state index in [1.807, 2.05) is 0 Å². The zero-order valence-electron chi connectivity index (χ0n) is 16.5. The second kappa shape index (κ2) is 9.01. The quantitative estimate of drug-likeness (QED) is 0.699. The van der Waals surface area contributed by atoms with Gasteiger partial charge in [0.25, 0.3) is 5.91 Å². The minimum absolute atomic E-state index is 0.236. The van der Waals surface area contributed by atoms with Crippen LogP contribution in [-0.4, -0.2) is 35.7 Å². The molecule has 2 aromatic heterocycles. The summed E-state index contributed by atoms with van der Waals surface area (Å²) in [5.41, 5.74) is -0.332. The number of anilines is 1. The van der Waals surface area contributed by atoms with Crippen molar-refractivity contribution < 1.29 is 23.9 Å². The zero-order chi connectivity index (χ0) is 21.8. The third kappa shape index (κ3) is 6.54. The monoisotopic (exact) mass is 435 g/mol. The number of allylic oxidation sites excluding steroid dienone is 1. The Bertz CT molecular complexity index is 1060. The first-order valence-corrected chi connectivity index (χ1v) is 9.96. The minimum atomic E-state index is -0.654. The Morgan fingerprint density at radius 3 is 2.52 bits per heavy atom. The zero-order valence-corrected chi connectivity index (χ0v) is 18.1. The number of amides is 2. The molecule has 0 saturated carbocycles. The highest BCUT2D eigenvalue weighted by atomic mass is 32.1. The lowest BCUT2D eigenvalue weighted by molar-refractivity contribution is 0.0603. The van der Waals surface area contributed by atoms with Gasteiger partial charge in [0.05, 0.1) is 13.3 Å². The van der Waals surface area contributed by atoms with Crippen LogP contribution >= 0.6 is 22.7 Å². The van der Waals surface area contributed by atoms with E-state index in [0.29, 0.717) is 20.3 Å². The smallest absolute Gasteiger partial charge is 0.413 e. The number of nitrogens with one attached hydrogen (secondary N) is 2. The highest BCUT2D eigenvalue weighted by Crippen LogP contribution is 2.19. The van der Waals surface area contributed by atoms with Crippen LogP contribution in [-0.2, 0) is 9.47 Å². The Labute approximate surface area is 175 Å². The molecule has 2 aromatic rings. The normalized spacial score (nSPS) is 11.7. The third-order valence-electron chi connectivity index (χ3n) is 3.17. The van der Waals surface area contributed by atoms with Gasteiger partial charge in [-0.3, -0.25) is 10.1 Å². The number of rotatable bonds is 5. The van der Waals surface area contributed by atoms with Gasteiger partial charge in [0, 0.05) is 10.2 Å². The lowest BCUT2D eigenvalue weighted by atomic mass is 10.2. The average Bonchev–Trinajstić information content (AvgIpc) is 3.19. The summed E-state index contributed by atoms with van der Waals surface area (Å²) in [4.78, 5) is 40.4. The van der Waals surface area contributed by atoms with Gasteiger partial charge < -0.3 is 14.8 Å². The minimum Gasteiger partial charge on any atom is -0.465 e. The Balaban J connectivity index is 2.04. The number of hydrogen-bond donors (Lipinski definition) is 2. The molecule has 0 unspecified atom stereocenters. The van der Waals surface area contributed by atoms with E-state index in [4.69, 9.17) is 4.74 Å². The van der Waals surface area contributed by atoms with Gasteiger partial charge in [-0.05, 0) is 38.1 Å². The van der Waals surface area contributed by atoms with E-state index in [1.165, 1.54) is 24.6 Å². The number of aromatic nitrogens is 1. The van der Waals surface area contributed by atoms with Gasteiger partial charge >= 0.3 is 12.1 Å². The number of thiophene rings is 1. The fraction of sp³-hybridized carbons (Fsp3) is 0.263. The molecule has 0 spiro atoms. The summed E-state index contributed by atoms with van der Waals surface area (Å²) in [7, 11) is 1.30. The van der Waals surface area contributed by atoms with Crippen LogP contribution in [0.1, 0.15) is 40.1 Å². The molecular formula is C19H21N3O5S2. The van der Waals surface area contributed by atoms with Crippen LogP contribution in [0.2, 0.25) is 0 Å². The molecule has 10 heteroatoms. The van der Waals surface area contributed by atoms with E-state index in [9.17, 15) is 14.4 Å². The summed E-state index contributed by atoms with van der Waals surface area (Å²) in [6, 6.07) is 1.62. The van der Waals surface area contributed by atoms with Crippen molar-refractivity contribution in [3.05, 3.63) is 44.0 Å². The van der Waals surface area contributed by atoms with Gasteiger partial charge in [-0.2, -0.15) is 0 Å². The highest BCUT2D eigenvalue weighted by Gasteiger charge is 2.18. The molecule has 2 rings (SSSR count). The van der Waals surface area contributed by atoms with Crippen LogP contribution in [0, 0.1) is 0 Å². The summed E-state index contributed by atoms with van der Waals surface area (Å²) in [5, 5.41) is 5.99. The fourth-order valence-electron chi connectivity index (χ4n) is 2.03. The predicted molar refractivity (Wildman–Crippen MR) is 113 cm³/mol. The van der Waals surface area contributed by atoms with E-state index < -0.39 is 23.6 Å². The van der Waals surface area contributed by atoms with E-state index in [2.05, 4.69) is 33.5 Å². The van der Waals surface area contributed by atoms with Crippen molar-refractivity contribution in [3.8, 4) is 0 Å². The Morgan fingerprint density at radius 1 is 1.21 bits per heavy atom. The van der Waals surface area contributed by atoms with Crippen LogP contribution < -0.4 is 20.4 Å². The maximum atomic E-state index is 12.4. The second-order valence-corrected chi connectivity index (χ2v) is 8.93. The van der Waals surface area contributed by atoms with Crippen molar-refractivity contribution in [1.29, 1.82) is 0 Å². The van der Waals surface area contributed by atoms with E-state index in [-0.39, 0.29) is 10.0 Å². The number of ether oxygens (including phenoxy) is 2. The van der Waals surface area contributed by atoms with E-state index in [1.54, 1.807) is 32.9 Å². The van der Waals surface area contributed by atoms with Crippen LogP contribution in [0.25, 0.3) is 12.7 Å². The van der Waals surface area contributed by atoms with E-state index >= 15 is 0 Å². The number of carbonyl (C=O) groups excluding carboxylic acids is 3. The molecule has 0 radical (unpaired) electrons. The van der Waals surface area contributed by atoms with Crippen molar-refractivity contribution in [2.75, 3.05) is 12.4 Å². The topological polar surface area (TPSA) is 107 Å². The average molecular weight is 436 g/mol. The molecule has 154 valence electrons. The molecule has 0 aromatic carbocycles. The van der Waals surface area contributed by atoms with E-state index in [0.717, 1.165) is 11.3 Å². The van der Waals surface area contributed by atoms with Crippen LogP contribution in [0.15, 0.2) is 24.5 Å². The SMILES string of the molecule is C=C(/C=c1/cc(C(=O)OC)sc1=C)NC(=O)c1cnc(NC(=O)OC(C)(C)C)s1. The van der Waals surface area contributed by atoms with Crippen molar-refractivity contribution in [3.63, 3.8) is 0 Å². The first-order chi connectivity index (χ1) is 13.5. The fourth-order valence-corrected chi connectivity index (χ4v) is 3.58. The molecule has 2 heterocycles. The number of methoxy groups -OCH3 is 1. The molecule has 0 atom stereocenters. The summed E-state index contributed by atoms with van der Waals surface area (Å²) >= 11 is 2.18. The largest absolute Gasteiger partial charge is 0.465 e. The molecule has 0 bridgehead atoms. The summed E-state index contributed by atoms with van der Waals surface area (Å²) < 4.78 is 10.5. The second-order valence-electron chi connectivity index (χ2n) is 6.76. The van der Waals surface area contributed by atoms with Gasteiger partial charge in [0.1, 0.15) is 15.4 Å². The molecule has 0 fully saturated rings. The third-order valence-corrected chi connectivity index (χ3v) is 5.07. The molecule has 8 nitrogen and oxygen atoms in total. The standard InChI is InChI=1S/C19H21N3O5S2/c1-10(7-12-8-13(16(24)26-6)28-11(12)2)21-15(23)14-9-20-17(29-14)22-18(25)27-19(3,4)5/h7-9H,1-2H2,3-6H3,(H,21,23)(H,20,22,25)/b12-7-. The van der Waals surface area contributed by atoms with Crippen molar-refractivity contribution in [2.45, 2.75) is 26.4 Å². The van der Waals surface area contributed by atoms with Crippen molar-refractivity contribution in [1.82, 2.24) is 10.3 Å². The lowest BCUT2D eigenvalue weighted by Gasteiger charge is -2.18. The number of thiazole rings is 1.